The van der Waals surface area contributed by atoms with Crippen LogP contribution in [0.5, 0.6) is 0 Å². The summed E-state index contributed by atoms with van der Waals surface area (Å²) in [6.45, 7) is 2.66. The molecule has 2 aromatic carbocycles. The van der Waals surface area contributed by atoms with Gasteiger partial charge in [0.05, 0.1) is 6.61 Å². The van der Waals surface area contributed by atoms with E-state index in [1.54, 1.807) is 11.0 Å². The molecule has 0 saturated carbocycles. The molecule has 0 saturated heterocycles. The number of nitrogens with zero attached hydrogens (tertiary/aromatic N) is 2. The molecule has 0 atom stereocenters. The maximum atomic E-state index is 12.4. The first-order chi connectivity index (χ1) is 12.1. The molecule has 0 spiro atoms. The van der Waals surface area contributed by atoms with Crippen LogP contribution >= 0.6 is 0 Å². The van der Waals surface area contributed by atoms with E-state index in [4.69, 9.17) is 0 Å². The van der Waals surface area contributed by atoms with Crippen LogP contribution in [0.4, 0.5) is 5.69 Å². The van der Waals surface area contributed by atoms with Crippen molar-refractivity contribution in [1.82, 2.24) is 4.90 Å². The van der Waals surface area contributed by atoms with E-state index >= 15 is 0 Å². The molecule has 0 radical (unpaired) electrons. The lowest BCUT2D eigenvalue weighted by Gasteiger charge is -2.20. The van der Waals surface area contributed by atoms with E-state index in [2.05, 4.69) is 5.32 Å². The molecule has 0 bridgehead atoms. The maximum absolute atomic E-state index is 12.4. The third kappa shape index (κ3) is 5.48. The Kier molecular flexibility index (Phi) is 6.76. The Bertz CT molecular complexity index is 779. The molecular formula is C20H21N3O2. The van der Waals surface area contributed by atoms with E-state index < -0.39 is 5.91 Å². The van der Waals surface area contributed by atoms with Gasteiger partial charge in [0.1, 0.15) is 11.6 Å². The van der Waals surface area contributed by atoms with Crippen LogP contribution in [-0.4, -0.2) is 29.1 Å². The van der Waals surface area contributed by atoms with Crippen molar-refractivity contribution >= 4 is 11.6 Å². The van der Waals surface area contributed by atoms with Gasteiger partial charge in [-0.2, -0.15) is 5.26 Å². The second kappa shape index (κ2) is 9.26. The number of hydrogen-bond donors (Lipinski definition) is 2. The van der Waals surface area contributed by atoms with Gasteiger partial charge in [0, 0.05) is 25.0 Å². The van der Waals surface area contributed by atoms with Gasteiger partial charge in [-0.15, -0.1) is 0 Å². The zero-order valence-electron chi connectivity index (χ0n) is 14.1. The van der Waals surface area contributed by atoms with Crippen molar-refractivity contribution in [3.63, 3.8) is 0 Å². The molecule has 0 aliphatic heterocycles. The summed E-state index contributed by atoms with van der Waals surface area (Å²) in [5.74, 6) is -0.465. The second-order valence-electron chi connectivity index (χ2n) is 5.60. The van der Waals surface area contributed by atoms with Crippen molar-refractivity contribution in [2.45, 2.75) is 13.5 Å². The minimum absolute atomic E-state index is 0.00682. The van der Waals surface area contributed by atoms with Gasteiger partial charge in [0.25, 0.3) is 5.91 Å². The van der Waals surface area contributed by atoms with E-state index in [0.29, 0.717) is 18.8 Å². The molecule has 2 N–H and O–H groups in total. The number of aliphatic hydroxyl groups excluding tert-OH is 1. The molecule has 0 aliphatic carbocycles. The molecule has 5 nitrogen and oxygen atoms in total. The zero-order chi connectivity index (χ0) is 18.1. The van der Waals surface area contributed by atoms with Crippen LogP contribution in [0.25, 0.3) is 0 Å². The van der Waals surface area contributed by atoms with Gasteiger partial charge in [-0.25, -0.2) is 0 Å². The summed E-state index contributed by atoms with van der Waals surface area (Å²) in [4.78, 5) is 14.2. The third-order valence-corrected chi connectivity index (χ3v) is 3.69. The van der Waals surface area contributed by atoms with Gasteiger partial charge in [-0.1, -0.05) is 48.5 Å². The van der Waals surface area contributed by atoms with Crippen molar-refractivity contribution < 1.29 is 9.90 Å². The molecule has 5 heteroatoms. The molecule has 0 aliphatic rings. The van der Waals surface area contributed by atoms with Crippen LogP contribution in [0.3, 0.4) is 0 Å². The van der Waals surface area contributed by atoms with Gasteiger partial charge in [0.2, 0.25) is 0 Å². The van der Waals surface area contributed by atoms with Gasteiger partial charge >= 0.3 is 0 Å². The highest BCUT2D eigenvalue weighted by molar-refractivity contribution is 6.06. The molecule has 2 rings (SSSR count). The summed E-state index contributed by atoms with van der Waals surface area (Å²) in [5.41, 5.74) is 2.62. The first-order valence-electron chi connectivity index (χ1n) is 8.01. The number of nitriles is 1. The maximum Gasteiger partial charge on any atom is 0.267 e. The van der Waals surface area contributed by atoms with E-state index in [1.165, 1.54) is 6.20 Å². The standard InChI is InChI=1S/C20H21N3O2/c1-16-7-5-6-10-19(16)22-20(25)18(13-21)15-23(11-12-24)14-17-8-3-2-4-9-17/h2-10,15,24H,11-12,14H2,1H3,(H,22,25)/b18-15-. The first-order valence-corrected chi connectivity index (χ1v) is 8.01. The van der Waals surface area contributed by atoms with Gasteiger partial charge in [-0.3, -0.25) is 4.79 Å². The summed E-state index contributed by atoms with van der Waals surface area (Å²) >= 11 is 0. The van der Waals surface area contributed by atoms with Crippen LogP contribution in [0, 0.1) is 18.3 Å². The highest BCUT2D eigenvalue weighted by Gasteiger charge is 2.13. The lowest BCUT2D eigenvalue weighted by molar-refractivity contribution is -0.112. The Labute approximate surface area is 147 Å². The Morgan fingerprint density at radius 2 is 1.88 bits per heavy atom. The molecule has 0 heterocycles. The second-order valence-corrected chi connectivity index (χ2v) is 5.60. The van der Waals surface area contributed by atoms with Crippen LogP contribution in [0.1, 0.15) is 11.1 Å². The summed E-state index contributed by atoms with van der Waals surface area (Å²) in [7, 11) is 0. The van der Waals surface area contributed by atoms with Crippen LogP contribution in [-0.2, 0) is 11.3 Å². The number of aliphatic hydroxyl groups is 1. The molecule has 2 aromatic rings. The smallest absolute Gasteiger partial charge is 0.267 e. The monoisotopic (exact) mass is 335 g/mol. The zero-order valence-corrected chi connectivity index (χ0v) is 14.1. The van der Waals surface area contributed by atoms with Crippen molar-refractivity contribution in [2.75, 3.05) is 18.5 Å². The molecular weight excluding hydrogens is 314 g/mol. The van der Waals surface area contributed by atoms with Crippen LogP contribution in [0.15, 0.2) is 66.4 Å². The lowest BCUT2D eigenvalue weighted by Crippen LogP contribution is -2.24. The van der Waals surface area contributed by atoms with E-state index in [1.807, 2.05) is 61.5 Å². The minimum Gasteiger partial charge on any atom is -0.395 e. The summed E-state index contributed by atoms with van der Waals surface area (Å²) < 4.78 is 0. The van der Waals surface area contributed by atoms with Crippen molar-refractivity contribution in [3.05, 3.63) is 77.5 Å². The summed E-state index contributed by atoms with van der Waals surface area (Å²) in [6.07, 6.45) is 1.50. The lowest BCUT2D eigenvalue weighted by atomic mass is 10.2. The highest BCUT2D eigenvalue weighted by atomic mass is 16.3. The molecule has 25 heavy (non-hydrogen) atoms. The Balaban J connectivity index is 2.16. The number of hydrogen-bond acceptors (Lipinski definition) is 4. The average Bonchev–Trinajstić information content (AvgIpc) is 2.62. The highest BCUT2D eigenvalue weighted by Crippen LogP contribution is 2.15. The fraction of sp³-hybridized carbons (Fsp3) is 0.200. The number of rotatable bonds is 7. The van der Waals surface area contributed by atoms with E-state index in [9.17, 15) is 15.2 Å². The predicted molar refractivity (Wildman–Crippen MR) is 97.4 cm³/mol. The van der Waals surface area contributed by atoms with E-state index in [0.717, 1.165) is 11.1 Å². The third-order valence-electron chi connectivity index (χ3n) is 3.69. The van der Waals surface area contributed by atoms with Crippen molar-refractivity contribution in [2.24, 2.45) is 0 Å². The van der Waals surface area contributed by atoms with Gasteiger partial charge < -0.3 is 15.3 Å². The van der Waals surface area contributed by atoms with Crippen LogP contribution in [0.2, 0.25) is 0 Å². The largest absolute Gasteiger partial charge is 0.395 e. The molecule has 128 valence electrons. The van der Waals surface area contributed by atoms with Crippen molar-refractivity contribution in [3.8, 4) is 6.07 Å². The molecule has 0 fully saturated rings. The number of aryl methyl sites for hydroxylation is 1. The van der Waals surface area contributed by atoms with Gasteiger partial charge in [-0.05, 0) is 24.1 Å². The van der Waals surface area contributed by atoms with Gasteiger partial charge in [0.15, 0.2) is 0 Å². The minimum atomic E-state index is -0.465. The molecule has 1 amide bonds. The summed E-state index contributed by atoms with van der Waals surface area (Å²) in [6, 6.07) is 19.0. The average molecular weight is 335 g/mol. The SMILES string of the molecule is Cc1ccccc1NC(=O)/C(C#N)=C\N(CCO)Cc1ccccc1. The quantitative estimate of drug-likeness (QED) is 0.602. The van der Waals surface area contributed by atoms with E-state index in [-0.39, 0.29) is 12.2 Å². The number of carbonyl (C=O) groups is 1. The Morgan fingerprint density at radius 3 is 2.52 bits per heavy atom. The van der Waals surface area contributed by atoms with Crippen LogP contribution < -0.4 is 5.32 Å². The number of anilines is 1. The number of para-hydroxylation sites is 1. The molecule has 0 unspecified atom stereocenters. The Morgan fingerprint density at radius 1 is 1.20 bits per heavy atom. The number of benzene rings is 2. The topological polar surface area (TPSA) is 76.4 Å². The predicted octanol–water partition coefficient (Wildman–Crippen LogP) is 2.84. The number of amides is 1. The summed E-state index contributed by atoms with van der Waals surface area (Å²) in [5, 5.41) is 21.4. The fourth-order valence-electron chi connectivity index (χ4n) is 2.36. The number of nitrogens with one attached hydrogen (secondary N) is 1. The molecule has 0 aromatic heterocycles. The number of carbonyl (C=O) groups excluding carboxylic acids is 1. The van der Waals surface area contributed by atoms with Crippen molar-refractivity contribution in [1.29, 1.82) is 5.26 Å². The fourth-order valence-corrected chi connectivity index (χ4v) is 2.36. The normalized spacial score (nSPS) is 10.8. The Hall–Kier alpha value is -3.10. The first kappa shape index (κ1) is 18.2.